The van der Waals surface area contributed by atoms with Crippen molar-refractivity contribution in [2.24, 2.45) is 0 Å². The maximum absolute atomic E-state index is 14.0. The van der Waals surface area contributed by atoms with Crippen molar-refractivity contribution >= 4 is 33.2 Å². The molecule has 1 N–H and O–H groups in total. The van der Waals surface area contributed by atoms with Gasteiger partial charge in [-0.3, -0.25) is 24.0 Å². The Hall–Kier alpha value is -4.45. The normalized spacial score (nSPS) is 11.9. The Labute approximate surface area is 239 Å². The number of rotatable bonds is 13. The molecule has 0 aliphatic heterocycles. The molecule has 0 unspecified atom stereocenters. The quantitative estimate of drug-likeness (QED) is 0.240. The number of ether oxygens (including phenoxy) is 1. The molecule has 0 aliphatic rings. The van der Waals surface area contributed by atoms with Crippen molar-refractivity contribution < 1.29 is 27.7 Å². The van der Waals surface area contributed by atoms with Crippen molar-refractivity contribution in [2.45, 2.75) is 38.9 Å². The van der Waals surface area contributed by atoms with Crippen LogP contribution in [0.25, 0.3) is 0 Å². The number of nitrogens with one attached hydrogen (secondary N) is 1. The van der Waals surface area contributed by atoms with Gasteiger partial charge < -0.3 is 15.0 Å². The standard InChI is InChI=1S/C29H34N4O7S/c1-21(2)30-29(35)27(17-22-10-6-5-7-11-22)31(19-23-12-8-15-26(16-23)40-3)28(34)20-32(41(4,38)39)24-13-9-14-25(18-24)33(36)37/h5-16,18,21,27H,17,19-20H2,1-4H3,(H,30,35)/t27-/m1/s1. The molecule has 41 heavy (non-hydrogen) atoms. The van der Waals surface area contributed by atoms with E-state index in [1.54, 1.807) is 38.1 Å². The van der Waals surface area contributed by atoms with Crippen LogP contribution in [0.15, 0.2) is 78.9 Å². The monoisotopic (exact) mass is 582 g/mol. The summed E-state index contributed by atoms with van der Waals surface area (Å²) in [6.07, 6.45) is 1.09. The highest BCUT2D eigenvalue weighted by atomic mass is 32.2. The van der Waals surface area contributed by atoms with E-state index >= 15 is 0 Å². The summed E-state index contributed by atoms with van der Waals surface area (Å²) in [5.74, 6) is -0.513. The molecule has 1 atom stereocenters. The van der Waals surface area contributed by atoms with E-state index in [4.69, 9.17) is 4.74 Å². The number of carbonyl (C=O) groups excluding carboxylic acids is 2. The summed E-state index contributed by atoms with van der Waals surface area (Å²) in [6.45, 7) is 2.91. The molecule has 3 aromatic rings. The first kappa shape index (κ1) is 31.1. The molecule has 0 radical (unpaired) electrons. The van der Waals surface area contributed by atoms with E-state index in [2.05, 4.69) is 5.32 Å². The molecule has 11 nitrogen and oxygen atoms in total. The van der Waals surface area contributed by atoms with Crippen LogP contribution in [0.5, 0.6) is 5.75 Å². The number of nitro benzene ring substituents is 1. The number of nitro groups is 1. The SMILES string of the molecule is COc1cccc(CN(C(=O)CN(c2cccc([N+](=O)[O-])c2)S(C)(=O)=O)[C@H](Cc2ccccc2)C(=O)NC(C)C)c1. The summed E-state index contributed by atoms with van der Waals surface area (Å²) < 4.78 is 31.8. The minimum atomic E-state index is -4.05. The fourth-order valence-electron chi connectivity index (χ4n) is 4.28. The van der Waals surface area contributed by atoms with Gasteiger partial charge in [0.1, 0.15) is 18.3 Å². The highest BCUT2D eigenvalue weighted by Crippen LogP contribution is 2.25. The molecule has 0 heterocycles. The Morgan fingerprint density at radius 2 is 1.63 bits per heavy atom. The third kappa shape index (κ3) is 8.77. The molecule has 0 aromatic heterocycles. The summed E-state index contributed by atoms with van der Waals surface area (Å²) >= 11 is 0. The number of hydrogen-bond donors (Lipinski definition) is 1. The highest BCUT2D eigenvalue weighted by molar-refractivity contribution is 7.92. The van der Waals surface area contributed by atoms with E-state index < -0.39 is 39.3 Å². The topological polar surface area (TPSA) is 139 Å². The van der Waals surface area contributed by atoms with Crippen molar-refractivity contribution in [3.05, 3.63) is 100 Å². The number of sulfonamides is 1. The molecule has 3 aromatic carbocycles. The number of hydrogen-bond acceptors (Lipinski definition) is 7. The smallest absolute Gasteiger partial charge is 0.271 e. The van der Waals surface area contributed by atoms with Crippen LogP contribution in [-0.2, 0) is 32.6 Å². The van der Waals surface area contributed by atoms with Crippen molar-refractivity contribution in [1.82, 2.24) is 10.2 Å². The summed E-state index contributed by atoms with van der Waals surface area (Å²) in [5, 5.41) is 14.2. The zero-order valence-electron chi connectivity index (χ0n) is 23.4. The minimum absolute atomic E-state index is 0.0222. The molecule has 3 rings (SSSR count). The van der Waals surface area contributed by atoms with Crippen LogP contribution in [0.4, 0.5) is 11.4 Å². The Bertz CT molecular complexity index is 1480. The maximum atomic E-state index is 14.0. The molecule has 0 spiro atoms. The Morgan fingerprint density at radius 1 is 0.976 bits per heavy atom. The molecule has 0 bridgehead atoms. The van der Waals surface area contributed by atoms with Gasteiger partial charge in [0.15, 0.2) is 0 Å². The molecule has 12 heteroatoms. The van der Waals surface area contributed by atoms with Gasteiger partial charge in [0.05, 0.1) is 24.0 Å². The van der Waals surface area contributed by atoms with Crippen molar-refractivity contribution in [3.8, 4) is 5.75 Å². The molecule has 2 amide bonds. The third-order valence-corrected chi connectivity index (χ3v) is 7.34. The molecule has 0 saturated heterocycles. The average Bonchev–Trinajstić information content (AvgIpc) is 2.93. The molecule has 0 aliphatic carbocycles. The maximum Gasteiger partial charge on any atom is 0.271 e. The number of nitrogens with zero attached hydrogens (tertiary/aromatic N) is 3. The first-order chi connectivity index (χ1) is 19.4. The van der Waals surface area contributed by atoms with Crippen molar-refractivity contribution in [1.29, 1.82) is 0 Å². The van der Waals surface area contributed by atoms with Gasteiger partial charge in [-0.15, -0.1) is 0 Å². The van der Waals surface area contributed by atoms with Gasteiger partial charge >= 0.3 is 0 Å². The summed E-state index contributed by atoms with van der Waals surface area (Å²) in [5.41, 5.74) is 1.10. The lowest BCUT2D eigenvalue weighted by Crippen LogP contribution is -2.54. The van der Waals surface area contributed by atoms with Gasteiger partial charge in [0.25, 0.3) is 5.69 Å². The van der Waals surface area contributed by atoms with Crippen LogP contribution in [0, 0.1) is 10.1 Å². The number of carbonyl (C=O) groups is 2. The summed E-state index contributed by atoms with van der Waals surface area (Å²) in [7, 11) is -2.54. The van der Waals surface area contributed by atoms with E-state index in [-0.39, 0.29) is 30.4 Å². The predicted molar refractivity (Wildman–Crippen MR) is 156 cm³/mol. The predicted octanol–water partition coefficient (Wildman–Crippen LogP) is 3.53. The summed E-state index contributed by atoms with van der Waals surface area (Å²) in [4.78, 5) is 39.6. The van der Waals surface area contributed by atoms with Crippen LogP contribution in [0.3, 0.4) is 0 Å². The van der Waals surface area contributed by atoms with E-state index in [0.29, 0.717) is 11.3 Å². The number of anilines is 1. The van der Waals surface area contributed by atoms with Gasteiger partial charge in [-0.25, -0.2) is 8.42 Å². The van der Waals surface area contributed by atoms with E-state index in [1.807, 2.05) is 30.3 Å². The second-order valence-electron chi connectivity index (χ2n) is 9.79. The molecule has 0 saturated carbocycles. The van der Waals surface area contributed by atoms with Crippen molar-refractivity contribution in [2.75, 3.05) is 24.2 Å². The lowest BCUT2D eigenvalue weighted by Gasteiger charge is -2.34. The van der Waals surface area contributed by atoms with Crippen LogP contribution >= 0.6 is 0 Å². The zero-order valence-corrected chi connectivity index (χ0v) is 24.2. The molecule has 0 fully saturated rings. The van der Waals surface area contributed by atoms with E-state index in [1.165, 1.54) is 30.2 Å². The minimum Gasteiger partial charge on any atom is -0.497 e. The number of benzene rings is 3. The van der Waals surface area contributed by atoms with Crippen LogP contribution in [0.2, 0.25) is 0 Å². The van der Waals surface area contributed by atoms with Crippen LogP contribution < -0.4 is 14.4 Å². The third-order valence-electron chi connectivity index (χ3n) is 6.20. The molecular weight excluding hydrogens is 548 g/mol. The zero-order chi connectivity index (χ0) is 30.2. The van der Waals surface area contributed by atoms with Crippen LogP contribution in [-0.4, -0.2) is 62.0 Å². The van der Waals surface area contributed by atoms with E-state index in [9.17, 15) is 28.1 Å². The van der Waals surface area contributed by atoms with Gasteiger partial charge in [0.2, 0.25) is 21.8 Å². The number of amides is 2. The lowest BCUT2D eigenvalue weighted by molar-refractivity contribution is -0.384. The molecule has 218 valence electrons. The second kappa shape index (κ2) is 13.8. The highest BCUT2D eigenvalue weighted by Gasteiger charge is 2.33. The van der Waals surface area contributed by atoms with Gasteiger partial charge in [0, 0.05) is 31.1 Å². The van der Waals surface area contributed by atoms with Gasteiger partial charge in [-0.1, -0.05) is 48.5 Å². The Morgan fingerprint density at radius 3 is 2.24 bits per heavy atom. The first-order valence-electron chi connectivity index (χ1n) is 12.9. The number of non-ortho nitro benzene ring substituents is 1. The van der Waals surface area contributed by atoms with E-state index in [0.717, 1.165) is 22.2 Å². The van der Waals surface area contributed by atoms with Gasteiger partial charge in [-0.2, -0.15) is 0 Å². The average molecular weight is 583 g/mol. The fourth-order valence-corrected chi connectivity index (χ4v) is 5.12. The number of methoxy groups -OCH3 is 1. The van der Waals surface area contributed by atoms with Gasteiger partial charge in [-0.05, 0) is 43.2 Å². The fraction of sp³-hybridized carbons (Fsp3) is 0.310. The first-order valence-corrected chi connectivity index (χ1v) is 14.7. The summed E-state index contributed by atoms with van der Waals surface area (Å²) in [6, 6.07) is 20.0. The Balaban J connectivity index is 2.09. The second-order valence-corrected chi connectivity index (χ2v) is 11.7. The molecular formula is C29H34N4O7S. The van der Waals surface area contributed by atoms with Crippen LogP contribution in [0.1, 0.15) is 25.0 Å². The largest absolute Gasteiger partial charge is 0.497 e. The Kier molecular flexibility index (Phi) is 10.4. The lowest BCUT2D eigenvalue weighted by atomic mass is 10.0. The van der Waals surface area contributed by atoms with Crippen molar-refractivity contribution in [3.63, 3.8) is 0 Å².